The van der Waals surface area contributed by atoms with Crippen LogP contribution >= 0.6 is 0 Å². The lowest BCUT2D eigenvalue weighted by molar-refractivity contribution is 0.659. The van der Waals surface area contributed by atoms with E-state index in [1.54, 1.807) is 0 Å². The van der Waals surface area contributed by atoms with Crippen molar-refractivity contribution in [3.63, 3.8) is 0 Å². The second-order valence-corrected chi connectivity index (χ2v) is 25.4. The first-order valence-electron chi connectivity index (χ1n) is 30.1. The Bertz CT molecular complexity index is 4850. The fourth-order valence-electron chi connectivity index (χ4n) is 15.9. The molecule has 0 saturated heterocycles. The van der Waals surface area contributed by atoms with E-state index in [9.17, 15) is 0 Å². The fraction of sp³-hybridized carbons (Fsp3) is 0.122. The summed E-state index contributed by atoms with van der Waals surface area (Å²) in [4.78, 5) is 4.95. The molecule has 0 bridgehead atoms. The lowest BCUT2D eigenvalue weighted by Crippen LogP contribution is -2.26. The minimum Gasteiger partial charge on any atom is -0.456 e. The topological polar surface area (TPSA) is 19.6 Å². The highest BCUT2D eigenvalue weighted by molar-refractivity contribution is 6.07. The van der Waals surface area contributed by atoms with Crippen molar-refractivity contribution in [3.05, 3.63) is 310 Å². The molecule has 17 rings (SSSR count). The van der Waals surface area contributed by atoms with Crippen molar-refractivity contribution in [3.8, 4) is 55.6 Å². The third kappa shape index (κ3) is 6.90. The molecular weight excluding hydrogens is 1030 g/mol. The number of aryl methyl sites for hydroxylation is 3. The first kappa shape index (κ1) is 49.6. The Hall–Kier alpha value is -9.96. The van der Waals surface area contributed by atoms with Crippen molar-refractivity contribution in [2.45, 2.75) is 64.7 Å². The van der Waals surface area contributed by atoms with Gasteiger partial charge in [0.15, 0.2) is 0 Å². The summed E-state index contributed by atoms with van der Waals surface area (Å²) < 4.78 is 6.65. The van der Waals surface area contributed by atoms with Crippen LogP contribution in [0.2, 0.25) is 0 Å². The van der Waals surface area contributed by atoms with Gasteiger partial charge in [-0.15, -0.1) is 0 Å². The van der Waals surface area contributed by atoms with Gasteiger partial charge in [0.05, 0.1) is 11.1 Å². The first-order valence-corrected chi connectivity index (χ1v) is 30.1. The molecule has 4 aliphatic carbocycles. The Balaban J connectivity index is 0.801. The summed E-state index contributed by atoms with van der Waals surface area (Å²) in [6.07, 6.45) is 0. The average molecular weight is 1090 g/mol. The molecule has 1 aromatic heterocycles. The zero-order valence-electron chi connectivity index (χ0n) is 49.0. The maximum absolute atomic E-state index is 6.65. The molecule has 3 heteroatoms. The number of hydrogen-bond acceptors (Lipinski definition) is 3. The van der Waals surface area contributed by atoms with Crippen LogP contribution in [0.3, 0.4) is 0 Å². The number of rotatable bonds is 7. The molecule has 3 nitrogen and oxygen atoms in total. The van der Waals surface area contributed by atoms with Crippen LogP contribution in [-0.2, 0) is 16.2 Å². The Morgan fingerprint density at radius 3 is 1.33 bits per heavy atom. The smallest absolute Gasteiger partial charge is 0.137 e. The molecule has 12 aromatic carbocycles. The molecule has 0 amide bonds. The predicted molar refractivity (Wildman–Crippen MR) is 354 cm³/mol. The molecule has 0 N–H and O–H groups in total. The predicted octanol–water partition coefficient (Wildman–Crippen LogP) is 22.1. The van der Waals surface area contributed by atoms with Crippen LogP contribution < -0.4 is 9.80 Å². The molecule has 0 saturated carbocycles. The van der Waals surface area contributed by atoms with E-state index in [4.69, 9.17) is 4.42 Å². The second kappa shape index (κ2) is 17.8. The number of para-hydroxylation sites is 1. The van der Waals surface area contributed by atoms with Crippen molar-refractivity contribution >= 4 is 56.1 Å². The number of nitrogens with zero attached hydrogens (tertiary/aromatic N) is 2. The summed E-state index contributed by atoms with van der Waals surface area (Å²) in [6.45, 7) is 16.2. The van der Waals surface area contributed by atoms with E-state index in [-0.39, 0.29) is 10.8 Å². The fourth-order valence-corrected chi connectivity index (χ4v) is 15.9. The molecule has 0 unspecified atom stereocenters. The summed E-state index contributed by atoms with van der Waals surface area (Å²) in [7, 11) is 0. The number of fused-ring (bicyclic) bond motifs is 19. The van der Waals surface area contributed by atoms with Crippen LogP contribution in [0, 0.1) is 20.8 Å². The second-order valence-electron chi connectivity index (χ2n) is 25.4. The minimum atomic E-state index is -0.475. The van der Waals surface area contributed by atoms with Crippen LogP contribution in [0.25, 0.3) is 77.6 Å². The molecule has 1 spiro atoms. The lowest BCUT2D eigenvalue weighted by atomic mass is 9.70. The summed E-state index contributed by atoms with van der Waals surface area (Å²) in [5, 5.41) is 2.23. The van der Waals surface area contributed by atoms with Gasteiger partial charge in [-0.1, -0.05) is 209 Å². The van der Waals surface area contributed by atoms with Crippen LogP contribution in [0.15, 0.2) is 253 Å². The Kier molecular flexibility index (Phi) is 10.4. The third-order valence-corrected chi connectivity index (χ3v) is 19.9. The summed E-state index contributed by atoms with van der Waals surface area (Å²) >= 11 is 0. The van der Waals surface area contributed by atoms with Crippen molar-refractivity contribution in [1.29, 1.82) is 0 Å². The highest BCUT2D eigenvalue weighted by Gasteiger charge is 2.52. The van der Waals surface area contributed by atoms with Crippen molar-refractivity contribution in [2.24, 2.45) is 0 Å². The molecular formula is C82H62N2O. The minimum absolute atomic E-state index is 0.152. The quantitative estimate of drug-likeness (QED) is 0.159. The average Bonchev–Trinajstić information content (AvgIpc) is 1.52. The van der Waals surface area contributed by atoms with Crippen molar-refractivity contribution in [1.82, 2.24) is 0 Å². The Labute approximate surface area is 497 Å². The normalized spacial score (nSPS) is 14.6. The monoisotopic (exact) mass is 1090 g/mol. The summed E-state index contributed by atoms with van der Waals surface area (Å²) in [5.74, 6) is 0. The first-order chi connectivity index (χ1) is 41.4. The van der Waals surface area contributed by atoms with E-state index in [0.717, 1.165) is 61.6 Å². The van der Waals surface area contributed by atoms with E-state index in [2.05, 4.69) is 301 Å². The molecule has 0 fully saturated rings. The molecule has 4 aliphatic rings. The van der Waals surface area contributed by atoms with Crippen LogP contribution in [-0.4, -0.2) is 0 Å². The third-order valence-electron chi connectivity index (χ3n) is 19.9. The standard InChI is InChI=1S/C82H62N2O/c1-49-27-37-61-63-40-34-55(46-74(63)80(4,5)72(61)43-49)83(56-35-41-64-62-38-28-50(2)44-73(62)81(6,7)75(64)47-56)54-33-39-58(51(3)45-54)52-29-31-53(32-30-52)84(57-36-42-66-65-19-11-15-26-77(65)85-78(66)48-57)76-25-16-24-71-79(76)67-20-10-14-23-70(67)82(71)68-21-12-8-17-59(68)60-18-9-13-22-69(60)82/h8-48H,1-7H3. The molecule has 0 radical (unpaired) electrons. The van der Waals surface area contributed by atoms with Crippen LogP contribution in [0.5, 0.6) is 0 Å². The van der Waals surface area contributed by atoms with Crippen LogP contribution in [0.4, 0.5) is 34.1 Å². The Morgan fingerprint density at radius 2 is 0.729 bits per heavy atom. The molecule has 1 heterocycles. The summed E-state index contributed by atoms with van der Waals surface area (Å²) in [5.41, 5.74) is 35.0. The van der Waals surface area contributed by atoms with E-state index in [0.29, 0.717) is 0 Å². The van der Waals surface area contributed by atoms with Crippen LogP contribution in [0.1, 0.15) is 88.9 Å². The number of furan rings is 1. The molecule has 13 aromatic rings. The molecule has 406 valence electrons. The van der Waals surface area contributed by atoms with Gasteiger partial charge in [-0.3, -0.25) is 0 Å². The molecule has 85 heavy (non-hydrogen) atoms. The van der Waals surface area contributed by atoms with Crippen molar-refractivity contribution in [2.75, 3.05) is 9.80 Å². The zero-order chi connectivity index (χ0) is 57.3. The van der Waals surface area contributed by atoms with Gasteiger partial charge in [0.2, 0.25) is 0 Å². The van der Waals surface area contributed by atoms with Gasteiger partial charge >= 0.3 is 0 Å². The maximum atomic E-state index is 6.65. The van der Waals surface area contributed by atoms with E-state index >= 15 is 0 Å². The SMILES string of the molecule is Cc1ccc2c(c1)C(C)(C)c1cc(N(c3ccc(-c4ccc(N(c5ccc6c(c5)oc5ccccc56)c5cccc6c5-c5ccccc5C65c6ccccc6-c6ccccc65)cc4)c(C)c3)c3ccc4c(c3)C(C)(C)c3cc(C)ccc3-4)ccc1-2. The van der Waals surface area contributed by atoms with Gasteiger partial charge in [-0.2, -0.15) is 0 Å². The van der Waals surface area contributed by atoms with E-state index < -0.39 is 5.41 Å². The zero-order valence-corrected chi connectivity index (χ0v) is 49.0. The van der Waals surface area contributed by atoms with Gasteiger partial charge in [0, 0.05) is 61.7 Å². The molecule has 0 aliphatic heterocycles. The molecule has 0 atom stereocenters. The van der Waals surface area contributed by atoms with Gasteiger partial charge in [-0.05, 0) is 194 Å². The highest BCUT2D eigenvalue weighted by atomic mass is 16.3. The van der Waals surface area contributed by atoms with Gasteiger partial charge in [0.1, 0.15) is 11.2 Å². The number of hydrogen-bond donors (Lipinski definition) is 0. The van der Waals surface area contributed by atoms with Crippen molar-refractivity contribution < 1.29 is 4.42 Å². The van der Waals surface area contributed by atoms with E-state index in [1.807, 2.05) is 6.07 Å². The largest absolute Gasteiger partial charge is 0.456 e. The lowest BCUT2D eigenvalue weighted by Gasteiger charge is -2.32. The van der Waals surface area contributed by atoms with E-state index in [1.165, 1.54) is 111 Å². The Morgan fingerprint density at radius 1 is 0.294 bits per heavy atom. The van der Waals surface area contributed by atoms with Gasteiger partial charge < -0.3 is 14.2 Å². The maximum Gasteiger partial charge on any atom is 0.137 e. The van der Waals surface area contributed by atoms with Gasteiger partial charge in [0.25, 0.3) is 0 Å². The van der Waals surface area contributed by atoms with Gasteiger partial charge in [-0.25, -0.2) is 0 Å². The highest BCUT2D eigenvalue weighted by Crippen LogP contribution is 2.65. The number of anilines is 6. The summed E-state index contributed by atoms with van der Waals surface area (Å²) in [6, 6.07) is 93.9. The number of benzene rings is 12.